The molecular formula is C21H32ClN3O4. The quantitative estimate of drug-likeness (QED) is 0.757. The lowest BCUT2D eigenvalue weighted by Crippen LogP contribution is -2.51. The first-order valence-electron chi connectivity index (χ1n) is 10.3. The number of benzene rings is 1. The number of nitrogens with zero attached hydrogens (tertiary/aromatic N) is 2. The molecule has 29 heavy (non-hydrogen) atoms. The second-order valence-corrected chi connectivity index (χ2v) is 7.43. The van der Waals surface area contributed by atoms with Crippen molar-refractivity contribution in [3.8, 4) is 11.5 Å². The third kappa shape index (κ3) is 6.24. The molecule has 2 aliphatic rings. The molecule has 2 amide bonds. The van der Waals surface area contributed by atoms with E-state index in [0.29, 0.717) is 36.8 Å². The summed E-state index contributed by atoms with van der Waals surface area (Å²) in [7, 11) is 0. The van der Waals surface area contributed by atoms with Gasteiger partial charge in [0.15, 0.2) is 18.1 Å². The predicted octanol–water partition coefficient (Wildman–Crippen LogP) is 2.33. The van der Waals surface area contributed by atoms with Gasteiger partial charge in [-0.15, -0.1) is 12.4 Å². The Kier molecular flexibility index (Phi) is 9.04. The van der Waals surface area contributed by atoms with Gasteiger partial charge in [-0.3, -0.25) is 9.59 Å². The van der Waals surface area contributed by atoms with Crippen molar-refractivity contribution in [2.24, 2.45) is 0 Å². The topological polar surface area (TPSA) is 71.1 Å². The molecule has 3 rings (SSSR count). The van der Waals surface area contributed by atoms with Crippen LogP contribution in [0, 0.1) is 0 Å². The summed E-state index contributed by atoms with van der Waals surface area (Å²) in [6.45, 7) is 8.18. The maximum atomic E-state index is 12.8. The summed E-state index contributed by atoms with van der Waals surface area (Å²) >= 11 is 0. The van der Waals surface area contributed by atoms with Gasteiger partial charge in [0.25, 0.3) is 11.8 Å². The molecule has 2 heterocycles. The zero-order valence-electron chi connectivity index (χ0n) is 17.3. The van der Waals surface area contributed by atoms with Gasteiger partial charge in [-0.2, -0.15) is 0 Å². The standard InChI is InChI=1S/C21H31N3O4.ClH/c1-3-27-19-13-17(21(26)24-12-9-22-16(2)14-24)7-8-18(19)28-15-20(25)23-10-5-4-6-11-23;/h7-8,13,16,22H,3-6,9-12,14-15H2,1-2H3;1H. The molecule has 0 saturated carbocycles. The van der Waals surface area contributed by atoms with Gasteiger partial charge in [-0.1, -0.05) is 0 Å². The lowest BCUT2D eigenvalue weighted by atomic mass is 10.1. The largest absolute Gasteiger partial charge is 0.490 e. The number of likely N-dealkylation sites (tertiary alicyclic amines) is 1. The number of rotatable bonds is 6. The van der Waals surface area contributed by atoms with E-state index in [1.165, 1.54) is 6.42 Å². The van der Waals surface area contributed by atoms with Gasteiger partial charge >= 0.3 is 0 Å². The highest BCUT2D eigenvalue weighted by Gasteiger charge is 2.23. The van der Waals surface area contributed by atoms with Gasteiger partial charge in [0.1, 0.15) is 0 Å². The number of piperazine rings is 1. The lowest BCUT2D eigenvalue weighted by Gasteiger charge is -2.32. The number of ether oxygens (including phenoxy) is 2. The predicted molar refractivity (Wildman–Crippen MR) is 114 cm³/mol. The third-order valence-corrected chi connectivity index (χ3v) is 5.21. The van der Waals surface area contributed by atoms with Gasteiger partial charge < -0.3 is 24.6 Å². The zero-order valence-corrected chi connectivity index (χ0v) is 18.1. The minimum absolute atomic E-state index is 0. The van der Waals surface area contributed by atoms with E-state index in [1.54, 1.807) is 18.2 Å². The van der Waals surface area contributed by atoms with Gasteiger partial charge in [0.2, 0.25) is 0 Å². The van der Waals surface area contributed by atoms with Crippen molar-refractivity contribution in [3.05, 3.63) is 23.8 Å². The summed E-state index contributed by atoms with van der Waals surface area (Å²) < 4.78 is 11.4. The number of piperidine rings is 1. The molecule has 0 bridgehead atoms. The third-order valence-electron chi connectivity index (χ3n) is 5.21. The van der Waals surface area contributed by atoms with Gasteiger partial charge in [0.05, 0.1) is 6.61 Å². The molecule has 0 radical (unpaired) electrons. The van der Waals surface area contributed by atoms with E-state index in [0.717, 1.165) is 32.5 Å². The Hall–Kier alpha value is -1.99. The van der Waals surface area contributed by atoms with Crippen LogP contribution in [0.2, 0.25) is 0 Å². The van der Waals surface area contributed by atoms with Crippen molar-refractivity contribution in [1.82, 2.24) is 15.1 Å². The molecule has 0 spiro atoms. The van der Waals surface area contributed by atoms with E-state index in [9.17, 15) is 9.59 Å². The first-order valence-corrected chi connectivity index (χ1v) is 10.3. The number of nitrogens with one attached hydrogen (secondary N) is 1. The molecule has 2 aliphatic heterocycles. The second kappa shape index (κ2) is 11.3. The fraction of sp³-hybridized carbons (Fsp3) is 0.619. The molecular weight excluding hydrogens is 394 g/mol. The molecule has 1 N–H and O–H groups in total. The molecule has 2 saturated heterocycles. The van der Waals surface area contributed by atoms with Crippen molar-refractivity contribution >= 4 is 24.2 Å². The maximum absolute atomic E-state index is 12.8. The van der Waals surface area contributed by atoms with Crippen LogP contribution in [0.5, 0.6) is 11.5 Å². The van der Waals surface area contributed by atoms with Crippen molar-refractivity contribution in [2.45, 2.75) is 39.2 Å². The molecule has 1 aromatic rings. The molecule has 1 atom stereocenters. The van der Waals surface area contributed by atoms with Gasteiger partial charge in [0, 0.05) is 44.3 Å². The minimum Gasteiger partial charge on any atom is -0.490 e. The van der Waals surface area contributed by atoms with E-state index in [4.69, 9.17) is 9.47 Å². The van der Waals surface area contributed by atoms with Gasteiger partial charge in [-0.05, 0) is 51.3 Å². The highest BCUT2D eigenvalue weighted by molar-refractivity contribution is 5.95. The fourth-order valence-electron chi connectivity index (χ4n) is 3.70. The Labute approximate surface area is 179 Å². The monoisotopic (exact) mass is 425 g/mol. The average molecular weight is 426 g/mol. The number of carbonyl (C=O) groups excluding carboxylic acids is 2. The summed E-state index contributed by atoms with van der Waals surface area (Å²) in [6, 6.07) is 5.48. The van der Waals surface area contributed by atoms with Crippen LogP contribution in [0.1, 0.15) is 43.5 Å². The number of halogens is 1. The van der Waals surface area contributed by atoms with E-state index >= 15 is 0 Å². The van der Waals surface area contributed by atoms with Crippen molar-refractivity contribution < 1.29 is 19.1 Å². The van der Waals surface area contributed by atoms with Crippen LogP contribution in [0.25, 0.3) is 0 Å². The second-order valence-electron chi connectivity index (χ2n) is 7.43. The molecule has 0 aromatic heterocycles. The zero-order chi connectivity index (χ0) is 19.9. The first kappa shape index (κ1) is 23.3. The summed E-state index contributed by atoms with van der Waals surface area (Å²) in [5, 5.41) is 3.34. The fourth-order valence-corrected chi connectivity index (χ4v) is 3.70. The van der Waals surface area contributed by atoms with Crippen LogP contribution in [0.3, 0.4) is 0 Å². The van der Waals surface area contributed by atoms with Crippen LogP contribution in [0.15, 0.2) is 18.2 Å². The Bertz CT molecular complexity index is 695. The normalized spacial score (nSPS) is 19.3. The Balaban J connectivity index is 0.00000300. The molecule has 1 unspecified atom stereocenters. The number of carbonyl (C=O) groups is 2. The Morgan fingerprint density at radius 1 is 1.07 bits per heavy atom. The van der Waals surface area contributed by atoms with E-state index in [1.807, 2.05) is 16.7 Å². The van der Waals surface area contributed by atoms with E-state index in [-0.39, 0.29) is 36.9 Å². The van der Waals surface area contributed by atoms with Crippen LogP contribution in [-0.4, -0.2) is 73.6 Å². The van der Waals surface area contributed by atoms with Crippen LogP contribution < -0.4 is 14.8 Å². The number of amides is 2. The first-order chi connectivity index (χ1) is 13.6. The molecule has 0 aliphatic carbocycles. The van der Waals surface area contributed by atoms with E-state index < -0.39 is 0 Å². The average Bonchev–Trinajstić information content (AvgIpc) is 2.73. The van der Waals surface area contributed by atoms with Crippen LogP contribution >= 0.6 is 12.4 Å². The van der Waals surface area contributed by atoms with Crippen molar-refractivity contribution in [2.75, 3.05) is 45.9 Å². The highest BCUT2D eigenvalue weighted by atomic mass is 35.5. The number of hydrogen-bond donors (Lipinski definition) is 1. The van der Waals surface area contributed by atoms with Crippen molar-refractivity contribution in [3.63, 3.8) is 0 Å². The Morgan fingerprint density at radius 2 is 1.83 bits per heavy atom. The van der Waals surface area contributed by atoms with Crippen LogP contribution in [0.4, 0.5) is 0 Å². The minimum atomic E-state index is -0.0112. The lowest BCUT2D eigenvalue weighted by molar-refractivity contribution is -0.134. The van der Waals surface area contributed by atoms with Crippen LogP contribution in [-0.2, 0) is 4.79 Å². The maximum Gasteiger partial charge on any atom is 0.260 e. The molecule has 7 nitrogen and oxygen atoms in total. The smallest absolute Gasteiger partial charge is 0.260 e. The molecule has 2 fully saturated rings. The highest BCUT2D eigenvalue weighted by Crippen LogP contribution is 2.29. The summed E-state index contributed by atoms with van der Waals surface area (Å²) in [4.78, 5) is 28.9. The Morgan fingerprint density at radius 3 is 2.52 bits per heavy atom. The van der Waals surface area contributed by atoms with Crippen molar-refractivity contribution in [1.29, 1.82) is 0 Å². The summed E-state index contributed by atoms with van der Waals surface area (Å²) in [5.74, 6) is 0.989. The SMILES string of the molecule is CCOc1cc(C(=O)N2CCNC(C)C2)ccc1OCC(=O)N1CCCCC1.Cl. The van der Waals surface area contributed by atoms with Gasteiger partial charge in [-0.25, -0.2) is 0 Å². The molecule has 8 heteroatoms. The molecule has 162 valence electrons. The molecule has 1 aromatic carbocycles. The number of hydrogen-bond acceptors (Lipinski definition) is 5. The summed E-state index contributed by atoms with van der Waals surface area (Å²) in [5.41, 5.74) is 0.576. The van der Waals surface area contributed by atoms with E-state index in [2.05, 4.69) is 12.2 Å². The summed E-state index contributed by atoms with van der Waals surface area (Å²) in [6.07, 6.45) is 3.29.